The SMILES string of the molecule is NC(=O)OCCNCC1Cc2ccccc21. The van der Waals surface area contributed by atoms with Gasteiger partial charge in [-0.25, -0.2) is 4.79 Å². The fourth-order valence-electron chi connectivity index (χ4n) is 2.04. The van der Waals surface area contributed by atoms with Gasteiger partial charge in [-0.3, -0.25) is 0 Å². The van der Waals surface area contributed by atoms with E-state index in [0.717, 1.165) is 13.0 Å². The predicted octanol–water partition coefficient (Wildman–Crippen LogP) is 1.01. The van der Waals surface area contributed by atoms with E-state index in [0.29, 0.717) is 19.1 Å². The van der Waals surface area contributed by atoms with Crippen molar-refractivity contribution in [2.75, 3.05) is 19.7 Å². The lowest BCUT2D eigenvalue weighted by Gasteiger charge is -2.30. The quantitative estimate of drug-likeness (QED) is 0.728. The average molecular weight is 220 g/mol. The molecule has 1 aliphatic carbocycles. The maximum absolute atomic E-state index is 10.3. The molecule has 16 heavy (non-hydrogen) atoms. The van der Waals surface area contributed by atoms with Crippen molar-refractivity contribution in [1.29, 1.82) is 0 Å². The van der Waals surface area contributed by atoms with Crippen LogP contribution in [0.25, 0.3) is 0 Å². The molecule has 0 radical (unpaired) electrons. The van der Waals surface area contributed by atoms with Crippen LogP contribution in [0.15, 0.2) is 24.3 Å². The molecule has 86 valence electrons. The van der Waals surface area contributed by atoms with Gasteiger partial charge in [-0.1, -0.05) is 24.3 Å². The highest BCUT2D eigenvalue weighted by atomic mass is 16.5. The molecule has 3 N–H and O–H groups in total. The Morgan fingerprint density at radius 3 is 3.06 bits per heavy atom. The van der Waals surface area contributed by atoms with Crippen LogP contribution >= 0.6 is 0 Å². The number of rotatable bonds is 5. The van der Waals surface area contributed by atoms with Gasteiger partial charge in [0, 0.05) is 19.0 Å². The number of fused-ring (bicyclic) bond motifs is 1. The molecule has 0 saturated carbocycles. The maximum Gasteiger partial charge on any atom is 0.404 e. The van der Waals surface area contributed by atoms with Crippen molar-refractivity contribution in [3.05, 3.63) is 35.4 Å². The molecule has 0 heterocycles. The average Bonchev–Trinajstić information content (AvgIpc) is 2.23. The van der Waals surface area contributed by atoms with E-state index in [1.165, 1.54) is 11.1 Å². The lowest BCUT2D eigenvalue weighted by molar-refractivity contribution is 0.157. The van der Waals surface area contributed by atoms with E-state index in [1.54, 1.807) is 0 Å². The minimum atomic E-state index is -0.712. The van der Waals surface area contributed by atoms with Crippen LogP contribution in [-0.4, -0.2) is 25.8 Å². The van der Waals surface area contributed by atoms with Crippen molar-refractivity contribution in [2.45, 2.75) is 12.3 Å². The lowest BCUT2D eigenvalue weighted by atomic mass is 9.78. The largest absolute Gasteiger partial charge is 0.448 e. The fourth-order valence-corrected chi connectivity index (χ4v) is 2.04. The molecule has 1 aromatic carbocycles. The normalized spacial score (nSPS) is 17.4. The smallest absolute Gasteiger partial charge is 0.404 e. The van der Waals surface area contributed by atoms with E-state index in [2.05, 4.69) is 34.3 Å². The van der Waals surface area contributed by atoms with Crippen molar-refractivity contribution < 1.29 is 9.53 Å². The van der Waals surface area contributed by atoms with Gasteiger partial charge in [0.05, 0.1) is 0 Å². The Morgan fingerprint density at radius 1 is 1.50 bits per heavy atom. The summed E-state index contributed by atoms with van der Waals surface area (Å²) in [7, 11) is 0. The number of benzene rings is 1. The summed E-state index contributed by atoms with van der Waals surface area (Å²) in [4.78, 5) is 10.3. The molecule has 0 spiro atoms. The summed E-state index contributed by atoms with van der Waals surface area (Å²) >= 11 is 0. The van der Waals surface area contributed by atoms with Crippen LogP contribution in [0, 0.1) is 0 Å². The first-order valence-electron chi connectivity index (χ1n) is 5.48. The van der Waals surface area contributed by atoms with Gasteiger partial charge in [-0.05, 0) is 17.5 Å². The highest BCUT2D eigenvalue weighted by Crippen LogP contribution is 2.33. The number of hydrogen-bond donors (Lipinski definition) is 2. The molecule has 0 bridgehead atoms. The number of ether oxygens (including phenoxy) is 1. The molecule has 4 nitrogen and oxygen atoms in total. The molecule has 1 unspecified atom stereocenters. The zero-order valence-electron chi connectivity index (χ0n) is 9.11. The molecule has 4 heteroatoms. The second kappa shape index (κ2) is 4.99. The van der Waals surface area contributed by atoms with Gasteiger partial charge in [0.15, 0.2) is 0 Å². The van der Waals surface area contributed by atoms with E-state index in [1.807, 2.05) is 0 Å². The van der Waals surface area contributed by atoms with Gasteiger partial charge in [0.1, 0.15) is 6.61 Å². The Bertz CT molecular complexity index is 379. The molecule has 0 aromatic heterocycles. The number of hydrogen-bond acceptors (Lipinski definition) is 3. The van der Waals surface area contributed by atoms with Crippen molar-refractivity contribution in [3.63, 3.8) is 0 Å². The van der Waals surface area contributed by atoms with Gasteiger partial charge >= 0.3 is 6.09 Å². The number of nitrogens with two attached hydrogens (primary N) is 1. The van der Waals surface area contributed by atoms with Crippen LogP contribution in [-0.2, 0) is 11.2 Å². The molecule has 0 aliphatic heterocycles. The molecule has 1 atom stereocenters. The van der Waals surface area contributed by atoms with Crippen LogP contribution < -0.4 is 11.1 Å². The Kier molecular flexibility index (Phi) is 3.41. The van der Waals surface area contributed by atoms with E-state index in [4.69, 9.17) is 5.73 Å². The van der Waals surface area contributed by atoms with E-state index < -0.39 is 6.09 Å². The van der Waals surface area contributed by atoms with Crippen molar-refractivity contribution >= 4 is 6.09 Å². The third-order valence-electron chi connectivity index (χ3n) is 2.88. The van der Waals surface area contributed by atoms with Gasteiger partial charge < -0.3 is 15.8 Å². The van der Waals surface area contributed by atoms with E-state index in [9.17, 15) is 4.79 Å². The van der Waals surface area contributed by atoms with E-state index >= 15 is 0 Å². The first-order valence-corrected chi connectivity index (χ1v) is 5.48. The minimum Gasteiger partial charge on any atom is -0.448 e. The summed E-state index contributed by atoms with van der Waals surface area (Å²) in [5.74, 6) is 0.602. The first-order chi connectivity index (χ1) is 7.77. The lowest BCUT2D eigenvalue weighted by Crippen LogP contribution is -2.31. The first kappa shape index (κ1) is 11.0. The number of nitrogens with one attached hydrogen (secondary N) is 1. The maximum atomic E-state index is 10.3. The number of amides is 1. The predicted molar refractivity (Wildman–Crippen MR) is 61.3 cm³/mol. The molecule has 1 aromatic rings. The Labute approximate surface area is 94.8 Å². The van der Waals surface area contributed by atoms with Crippen molar-refractivity contribution in [1.82, 2.24) is 5.32 Å². The van der Waals surface area contributed by atoms with Gasteiger partial charge in [0.25, 0.3) is 0 Å². The third-order valence-corrected chi connectivity index (χ3v) is 2.88. The van der Waals surface area contributed by atoms with Crippen LogP contribution in [0.4, 0.5) is 4.79 Å². The summed E-state index contributed by atoms with van der Waals surface area (Å²) < 4.78 is 4.62. The summed E-state index contributed by atoms with van der Waals surface area (Å²) in [6, 6.07) is 8.48. The fraction of sp³-hybridized carbons (Fsp3) is 0.417. The molecule has 1 aliphatic rings. The van der Waals surface area contributed by atoms with Gasteiger partial charge in [-0.15, -0.1) is 0 Å². The minimum absolute atomic E-state index is 0.337. The summed E-state index contributed by atoms with van der Waals surface area (Å²) in [6.07, 6.45) is 0.427. The van der Waals surface area contributed by atoms with Gasteiger partial charge in [0.2, 0.25) is 0 Å². The van der Waals surface area contributed by atoms with Crippen LogP contribution in [0.5, 0.6) is 0 Å². The Balaban J connectivity index is 1.65. The molecule has 0 fully saturated rings. The van der Waals surface area contributed by atoms with Crippen LogP contribution in [0.2, 0.25) is 0 Å². The molecular formula is C12H16N2O2. The molecule has 1 amide bonds. The highest BCUT2D eigenvalue weighted by molar-refractivity contribution is 5.64. The zero-order chi connectivity index (χ0) is 11.4. The molecular weight excluding hydrogens is 204 g/mol. The topological polar surface area (TPSA) is 64.4 Å². The third kappa shape index (κ3) is 2.52. The number of carbonyl (C=O) groups is 1. The number of carbonyl (C=O) groups excluding carboxylic acids is 1. The highest BCUT2D eigenvalue weighted by Gasteiger charge is 2.24. The Hall–Kier alpha value is -1.55. The van der Waals surface area contributed by atoms with E-state index in [-0.39, 0.29) is 0 Å². The molecule has 0 saturated heterocycles. The van der Waals surface area contributed by atoms with Crippen molar-refractivity contribution in [2.24, 2.45) is 5.73 Å². The summed E-state index contributed by atoms with van der Waals surface area (Å²) in [6.45, 7) is 1.92. The summed E-state index contributed by atoms with van der Waals surface area (Å²) in [5, 5.41) is 3.25. The second-order valence-electron chi connectivity index (χ2n) is 3.97. The monoisotopic (exact) mass is 220 g/mol. The Morgan fingerprint density at radius 2 is 2.31 bits per heavy atom. The number of primary amides is 1. The van der Waals surface area contributed by atoms with Crippen molar-refractivity contribution in [3.8, 4) is 0 Å². The molecule has 2 rings (SSSR count). The standard InChI is InChI=1S/C12H16N2O2/c13-12(15)16-6-5-14-8-10-7-9-3-1-2-4-11(9)10/h1-4,10,14H,5-8H2,(H2,13,15). The zero-order valence-corrected chi connectivity index (χ0v) is 9.11. The second-order valence-corrected chi connectivity index (χ2v) is 3.97. The van der Waals surface area contributed by atoms with Crippen LogP contribution in [0.3, 0.4) is 0 Å². The van der Waals surface area contributed by atoms with Crippen LogP contribution in [0.1, 0.15) is 17.0 Å². The van der Waals surface area contributed by atoms with Gasteiger partial charge in [-0.2, -0.15) is 0 Å². The summed E-state index contributed by atoms with van der Waals surface area (Å²) in [5.41, 5.74) is 7.73.